The van der Waals surface area contributed by atoms with Crippen LogP contribution in [0.25, 0.3) is 19.6 Å². The van der Waals surface area contributed by atoms with Crippen LogP contribution in [0.2, 0.25) is 0 Å². The maximum atomic E-state index is 12.7. The summed E-state index contributed by atoms with van der Waals surface area (Å²) < 4.78 is 40.1. The molecule has 0 atom stereocenters. The second-order valence-corrected chi connectivity index (χ2v) is 6.82. The summed E-state index contributed by atoms with van der Waals surface area (Å²) in [7, 11) is 0. The van der Waals surface area contributed by atoms with Gasteiger partial charge in [0.1, 0.15) is 0 Å². The molecule has 0 N–H and O–H groups in total. The fraction of sp³-hybridized carbons (Fsp3) is 0.0625. The van der Waals surface area contributed by atoms with Gasteiger partial charge in [-0.2, -0.15) is 0 Å². The molecule has 3 aromatic rings. The second kappa shape index (κ2) is 5.07. The normalized spacial score (nSPS) is 11.5. The quantitative estimate of drug-likeness (QED) is 0.595. The molecule has 1 aromatic heterocycles. The summed E-state index contributed by atoms with van der Waals surface area (Å²) in [4.78, 5) is 0. The van der Waals surface area contributed by atoms with Crippen molar-refractivity contribution >= 4 is 24.1 Å². The van der Waals surface area contributed by atoms with Crippen LogP contribution in [-0.2, 0) is 6.18 Å². The minimum absolute atomic E-state index is 0.00633. The topological polar surface area (TPSA) is 23.8 Å². The Balaban J connectivity index is 2.06. The summed E-state index contributed by atoms with van der Waals surface area (Å²) in [6, 6.07) is 14.9. The van der Waals surface area contributed by atoms with Gasteiger partial charge in [0.15, 0.2) is 0 Å². The Morgan fingerprint density at radius 1 is 0.952 bits per heavy atom. The van der Waals surface area contributed by atoms with Crippen molar-refractivity contribution in [1.82, 2.24) is 0 Å². The molecule has 0 saturated carbocycles. The second-order valence-electron chi connectivity index (χ2n) is 4.55. The van der Waals surface area contributed by atoms with Crippen molar-refractivity contribution in [2.24, 2.45) is 0 Å². The minimum atomic E-state index is -4.31. The Morgan fingerprint density at radius 3 is 2.29 bits per heavy atom. The average molecular weight is 350 g/mol. The molecule has 0 saturated heterocycles. The Labute approximate surface area is 125 Å². The van der Waals surface area contributed by atoms with E-state index in [9.17, 15) is 13.2 Å². The van der Waals surface area contributed by atoms with E-state index in [-0.39, 0.29) is 14.5 Å². The van der Waals surface area contributed by atoms with Crippen LogP contribution in [0.5, 0.6) is 0 Å². The van der Waals surface area contributed by atoms with Gasteiger partial charge in [-0.3, -0.25) is 0 Å². The van der Waals surface area contributed by atoms with Crippen molar-refractivity contribution in [3.8, 4) is 16.1 Å². The van der Waals surface area contributed by atoms with Gasteiger partial charge in [-0.15, -0.1) is 0 Å². The summed E-state index contributed by atoms with van der Waals surface area (Å²) in [5, 5.41) is 9.42. The van der Waals surface area contributed by atoms with Crippen molar-refractivity contribution in [3.05, 3.63) is 59.7 Å². The maximum absolute atomic E-state index is 12.7. The predicted octanol–water partition coefficient (Wildman–Crippen LogP) is 4.45. The molecule has 0 aliphatic rings. The predicted molar refractivity (Wildman–Crippen MR) is 76.0 cm³/mol. The van der Waals surface area contributed by atoms with Gasteiger partial charge >= 0.3 is 124 Å². The number of halogens is 3. The Kier molecular flexibility index (Phi) is 3.36. The van der Waals surface area contributed by atoms with Crippen molar-refractivity contribution in [2.75, 3.05) is 0 Å². The third-order valence-electron chi connectivity index (χ3n) is 3.14. The number of hydrogen-bond acceptors (Lipinski definition) is 1. The van der Waals surface area contributed by atoms with E-state index in [1.54, 1.807) is 18.2 Å². The number of rotatable bonds is 1. The van der Waals surface area contributed by atoms with Gasteiger partial charge < -0.3 is 0 Å². The molecule has 0 bridgehead atoms. The number of benzene rings is 2. The van der Waals surface area contributed by atoms with Gasteiger partial charge in [-0.1, -0.05) is 0 Å². The fourth-order valence-electron chi connectivity index (χ4n) is 2.07. The van der Waals surface area contributed by atoms with Crippen LogP contribution < -0.4 is 0 Å². The van der Waals surface area contributed by atoms with Crippen molar-refractivity contribution < 1.29 is 13.2 Å². The van der Waals surface area contributed by atoms with Crippen LogP contribution in [0.1, 0.15) is 11.1 Å². The molecule has 0 unspecified atom stereocenters. The third-order valence-corrected chi connectivity index (χ3v) is 5.59. The summed E-state index contributed by atoms with van der Waals surface area (Å²) >= 11 is -0.00633. The summed E-state index contributed by atoms with van der Waals surface area (Å²) in [5.74, 6) is 0. The van der Waals surface area contributed by atoms with Gasteiger partial charge in [-0.05, 0) is 0 Å². The molecule has 1 heterocycles. The van der Waals surface area contributed by atoms with Crippen molar-refractivity contribution in [2.45, 2.75) is 6.18 Å². The third kappa shape index (κ3) is 2.73. The van der Waals surface area contributed by atoms with Gasteiger partial charge in [0.25, 0.3) is 0 Å². The molecule has 2 aromatic carbocycles. The van der Waals surface area contributed by atoms with Crippen LogP contribution in [0.3, 0.4) is 0 Å². The van der Waals surface area contributed by atoms with E-state index in [1.807, 2.05) is 24.3 Å². The fourth-order valence-corrected chi connectivity index (χ4v) is 4.27. The zero-order chi connectivity index (χ0) is 15.0. The van der Waals surface area contributed by atoms with Crippen LogP contribution in [0.4, 0.5) is 13.2 Å². The van der Waals surface area contributed by atoms with Gasteiger partial charge in [0.05, 0.1) is 0 Å². The molecular formula is C16H8F3NSe. The van der Waals surface area contributed by atoms with Crippen molar-refractivity contribution in [3.63, 3.8) is 0 Å². The number of fused-ring (bicyclic) bond motifs is 1. The number of nitriles is 1. The van der Waals surface area contributed by atoms with Crippen LogP contribution in [-0.4, -0.2) is 14.5 Å². The monoisotopic (exact) mass is 351 g/mol. The number of alkyl halides is 3. The molecule has 3 rings (SSSR count). The van der Waals surface area contributed by atoms with Crippen LogP contribution in [0.15, 0.2) is 48.5 Å². The standard InChI is InChI=1S/C16H8F3NSe/c17-16(18,19)13-5-6-14-12(7-13)8-15(21-14)11-3-1-10(9-20)2-4-11/h1-8H. The summed E-state index contributed by atoms with van der Waals surface area (Å²) in [6.07, 6.45) is -4.31. The average Bonchev–Trinajstić information content (AvgIpc) is 2.89. The molecular weight excluding hydrogens is 342 g/mol. The Morgan fingerprint density at radius 2 is 1.67 bits per heavy atom. The Bertz CT molecular complexity index is 839. The molecule has 0 aliphatic carbocycles. The van der Waals surface area contributed by atoms with Gasteiger partial charge in [0.2, 0.25) is 0 Å². The van der Waals surface area contributed by atoms with E-state index in [0.717, 1.165) is 20.3 Å². The molecule has 1 nitrogen and oxygen atoms in total. The number of nitrogens with zero attached hydrogens (tertiary/aromatic N) is 1. The van der Waals surface area contributed by atoms with E-state index in [1.165, 1.54) is 6.07 Å². The molecule has 104 valence electrons. The van der Waals surface area contributed by atoms with E-state index in [0.29, 0.717) is 10.9 Å². The molecule has 5 heteroatoms. The first kappa shape index (κ1) is 13.9. The van der Waals surface area contributed by atoms with Crippen LogP contribution in [0, 0.1) is 11.3 Å². The first-order chi connectivity index (χ1) is 9.97. The number of hydrogen-bond donors (Lipinski definition) is 0. The van der Waals surface area contributed by atoms with Gasteiger partial charge in [0, 0.05) is 0 Å². The Hall–Kier alpha value is -2.02. The molecule has 0 fully saturated rings. The van der Waals surface area contributed by atoms with Crippen LogP contribution >= 0.6 is 0 Å². The molecule has 21 heavy (non-hydrogen) atoms. The first-order valence-electron chi connectivity index (χ1n) is 6.09. The van der Waals surface area contributed by atoms with E-state index in [4.69, 9.17) is 5.26 Å². The van der Waals surface area contributed by atoms with E-state index >= 15 is 0 Å². The molecule has 0 aliphatic heterocycles. The SMILES string of the molecule is N#Cc1ccc(-c2cc3cc(C(F)(F)F)ccc3[se]2)cc1. The van der Waals surface area contributed by atoms with Gasteiger partial charge in [-0.25, -0.2) is 0 Å². The van der Waals surface area contributed by atoms with Crippen molar-refractivity contribution in [1.29, 1.82) is 5.26 Å². The zero-order valence-electron chi connectivity index (χ0n) is 10.6. The summed E-state index contributed by atoms with van der Waals surface area (Å²) in [6.45, 7) is 0. The molecule has 0 spiro atoms. The summed E-state index contributed by atoms with van der Waals surface area (Å²) in [5.41, 5.74) is 0.912. The van der Waals surface area contributed by atoms with E-state index in [2.05, 4.69) is 0 Å². The molecule has 0 amide bonds. The first-order valence-corrected chi connectivity index (χ1v) is 7.80. The molecule has 0 radical (unpaired) electrons. The van der Waals surface area contributed by atoms with E-state index < -0.39 is 11.7 Å². The zero-order valence-corrected chi connectivity index (χ0v) is 12.3.